The highest BCUT2D eigenvalue weighted by Gasteiger charge is 2.10. The normalized spacial score (nSPS) is 11.7. The number of hydrogen-bond donors (Lipinski definition) is 1. The second-order valence-corrected chi connectivity index (χ2v) is 5.37. The van der Waals surface area contributed by atoms with Crippen molar-refractivity contribution in [3.8, 4) is 5.88 Å². The molecule has 0 fully saturated rings. The minimum absolute atomic E-state index is 0.112. The van der Waals surface area contributed by atoms with Crippen LogP contribution in [0.15, 0.2) is 71.7 Å². The van der Waals surface area contributed by atoms with Crippen molar-refractivity contribution < 1.29 is 13.9 Å². The number of ether oxygens (including phenoxy) is 1. The Balaban J connectivity index is 1.57. The Morgan fingerprint density at radius 3 is 2.71 bits per heavy atom. The molecule has 2 aromatic heterocycles. The van der Waals surface area contributed by atoms with Gasteiger partial charge < -0.3 is 14.5 Å². The van der Waals surface area contributed by atoms with Crippen LogP contribution in [0, 0.1) is 0 Å². The molecular formula is C19H18N2O3. The molecule has 0 radical (unpaired) electrons. The number of pyridine rings is 1. The van der Waals surface area contributed by atoms with Crippen molar-refractivity contribution in [1.82, 2.24) is 10.3 Å². The largest absolute Gasteiger partial charge is 0.472 e. The highest BCUT2D eigenvalue weighted by atomic mass is 16.5. The van der Waals surface area contributed by atoms with Gasteiger partial charge in [0.25, 0.3) is 5.91 Å². The zero-order chi connectivity index (χ0) is 16.8. The molecule has 0 aliphatic rings. The number of rotatable bonds is 6. The summed E-state index contributed by atoms with van der Waals surface area (Å²) in [6, 6.07) is 15.1. The third-order valence-corrected chi connectivity index (χ3v) is 3.60. The van der Waals surface area contributed by atoms with Crippen molar-refractivity contribution in [2.45, 2.75) is 19.6 Å². The number of nitrogens with one attached hydrogen (secondary N) is 1. The highest BCUT2D eigenvalue weighted by molar-refractivity contribution is 5.93. The SMILES string of the molecule is C[C@H](Oc1ccc(C(=O)NCc2ccoc2)cn1)c1ccccc1. The van der Waals surface area contributed by atoms with Gasteiger partial charge in [0.2, 0.25) is 5.88 Å². The van der Waals surface area contributed by atoms with E-state index in [9.17, 15) is 4.79 Å². The van der Waals surface area contributed by atoms with Gasteiger partial charge in [0.1, 0.15) is 6.10 Å². The predicted molar refractivity (Wildman–Crippen MR) is 89.6 cm³/mol. The van der Waals surface area contributed by atoms with Gasteiger partial charge in [0.05, 0.1) is 18.1 Å². The lowest BCUT2D eigenvalue weighted by Crippen LogP contribution is -2.22. The lowest BCUT2D eigenvalue weighted by molar-refractivity contribution is 0.0950. The highest BCUT2D eigenvalue weighted by Crippen LogP contribution is 2.19. The smallest absolute Gasteiger partial charge is 0.253 e. The van der Waals surface area contributed by atoms with Gasteiger partial charge in [-0.05, 0) is 24.6 Å². The molecule has 0 unspecified atom stereocenters. The van der Waals surface area contributed by atoms with Gasteiger partial charge in [0.15, 0.2) is 0 Å². The zero-order valence-electron chi connectivity index (χ0n) is 13.3. The lowest BCUT2D eigenvalue weighted by atomic mass is 10.1. The number of carbonyl (C=O) groups is 1. The molecule has 5 heteroatoms. The van der Waals surface area contributed by atoms with E-state index >= 15 is 0 Å². The van der Waals surface area contributed by atoms with Gasteiger partial charge >= 0.3 is 0 Å². The van der Waals surface area contributed by atoms with Crippen LogP contribution in [0.5, 0.6) is 5.88 Å². The number of furan rings is 1. The molecule has 3 aromatic rings. The third kappa shape index (κ3) is 4.01. The number of nitrogens with zero attached hydrogens (tertiary/aromatic N) is 1. The fourth-order valence-corrected chi connectivity index (χ4v) is 2.24. The molecule has 2 heterocycles. The van der Waals surface area contributed by atoms with Crippen LogP contribution < -0.4 is 10.1 Å². The fraction of sp³-hybridized carbons (Fsp3) is 0.158. The van der Waals surface area contributed by atoms with Gasteiger partial charge in [-0.1, -0.05) is 30.3 Å². The van der Waals surface area contributed by atoms with Crippen LogP contribution in [0.1, 0.15) is 34.5 Å². The Labute approximate surface area is 140 Å². The summed E-state index contributed by atoms with van der Waals surface area (Å²) in [5.41, 5.74) is 2.47. The summed E-state index contributed by atoms with van der Waals surface area (Å²) in [5, 5.41) is 2.81. The number of carbonyl (C=O) groups excluding carboxylic acids is 1. The maximum Gasteiger partial charge on any atom is 0.253 e. The van der Waals surface area contributed by atoms with Crippen LogP contribution in [0.25, 0.3) is 0 Å². The zero-order valence-corrected chi connectivity index (χ0v) is 13.3. The minimum atomic E-state index is -0.189. The summed E-state index contributed by atoms with van der Waals surface area (Å²) >= 11 is 0. The second kappa shape index (κ2) is 7.46. The van der Waals surface area contributed by atoms with Crippen molar-refractivity contribution in [2.75, 3.05) is 0 Å². The summed E-state index contributed by atoms with van der Waals surface area (Å²) in [6.45, 7) is 2.38. The van der Waals surface area contributed by atoms with Gasteiger partial charge in [-0.15, -0.1) is 0 Å². The summed E-state index contributed by atoms with van der Waals surface area (Å²) in [5.74, 6) is 0.295. The van der Waals surface area contributed by atoms with Crippen molar-refractivity contribution in [1.29, 1.82) is 0 Å². The van der Waals surface area contributed by atoms with E-state index in [1.54, 1.807) is 30.7 Å². The summed E-state index contributed by atoms with van der Waals surface area (Å²) < 4.78 is 10.8. The van der Waals surface area contributed by atoms with Crippen LogP contribution in [-0.2, 0) is 6.54 Å². The van der Waals surface area contributed by atoms with Crippen LogP contribution in [0.2, 0.25) is 0 Å². The predicted octanol–water partition coefficient (Wildman–Crippen LogP) is 3.74. The topological polar surface area (TPSA) is 64.4 Å². The molecule has 1 atom stereocenters. The number of amides is 1. The lowest BCUT2D eigenvalue weighted by Gasteiger charge is -2.14. The minimum Gasteiger partial charge on any atom is -0.472 e. The first kappa shape index (κ1) is 15.8. The Morgan fingerprint density at radius 1 is 1.21 bits per heavy atom. The Kier molecular flexibility index (Phi) is 4.91. The molecule has 3 rings (SSSR count). The van der Waals surface area contributed by atoms with Crippen molar-refractivity contribution in [3.05, 3.63) is 83.9 Å². The standard InChI is InChI=1S/C19H18N2O3/c1-14(16-5-3-2-4-6-16)24-18-8-7-17(12-20-18)19(22)21-11-15-9-10-23-13-15/h2-10,12-14H,11H2,1H3,(H,21,22)/t14-/m0/s1. The van der Waals surface area contributed by atoms with Crippen LogP contribution in [0.3, 0.4) is 0 Å². The Bertz CT molecular complexity index is 768. The first-order valence-electron chi connectivity index (χ1n) is 7.69. The molecule has 1 aromatic carbocycles. The third-order valence-electron chi connectivity index (χ3n) is 3.60. The molecule has 24 heavy (non-hydrogen) atoms. The van der Waals surface area contributed by atoms with Crippen molar-refractivity contribution in [2.24, 2.45) is 0 Å². The van der Waals surface area contributed by atoms with E-state index in [0.29, 0.717) is 18.0 Å². The number of hydrogen-bond acceptors (Lipinski definition) is 4. The van der Waals surface area contributed by atoms with Crippen LogP contribution in [-0.4, -0.2) is 10.9 Å². The monoisotopic (exact) mass is 322 g/mol. The Morgan fingerprint density at radius 2 is 2.04 bits per heavy atom. The van der Waals surface area contributed by atoms with E-state index in [1.165, 1.54) is 6.20 Å². The summed E-state index contributed by atoms with van der Waals surface area (Å²) in [4.78, 5) is 16.3. The average Bonchev–Trinajstić information content (AvgIpc) is 3.14. The maximum absolute atomic E-state index is 12.1. The summed E-state index contributed by atoms with van der Waals surface area (Å²) in [7, 11) is 0. The second-order valence-electron chi connectivity index (χ2n) is 5.37. The van der Waals surface area contributed by atoms with Gasteiger partial charge in [-0.3, -0.25) is 4.79 Å². The molecule has 0 aliphatic heterocycles. The quantitative estimate of drug-likeness (QED) is 0.751. The molecule has 5 nitrogen and oxygen atoms in total. The first-order chi connectivity index (χ1) is 11.7. The van der Waals surface area contributed by atoms with Crippen LogP contribution in [0.4, 0.5) is 0 Å². The Hall–Kier alpha value is -3.08. The van der Waals surface area contributed by atoms with Crippen molar-refractivity contribution in [3.63, 3.8) is 0 Å². The molecule has 0 bridgehead atoms. The van der Waals surface area contributed by atoms with Crippen molar-refractivity contribution >= 4 is 5.91 Å². The summed E-state index contributed by atoms with van der Waals surface area (Å²) in [6.07, 6.45) is 4.57. The van der Waals surface area contributed by atoms with E-state index in [1.807, 2.05) is 37.3 Å². The molecule has 1 N–H and O–H groups in total. The molecule has 1 amide bonds. The maximum atomic E-state index is 12.1. The van der Waals surface area contributed by atoms with E-state index in [2.05, 4.69) is 10.3 Å². The first-order valence-corrected chi connectivity index (χ1v) is 7.69. The van der Waals surface area contributed by atoms with E-state index in [-0.39, 0.29) is 12.0 Å². The molecule has 0 saturated heterocycles. The van der Waals surface area contributed by atoms with Gasteiger partial charge in [0, 0.05) is 24.4 Å². The van der Waals surface area contributed by atoms with Gasteiger partial charge in [-0.2, -0.15) is 0 Å². The van der Waals surface area contributed by atoms with E-state index < -0.39 is 0 Å². The van der Waals surface area contributed by atoms with E-state index in [4.69, 9.17) is 9.15 Å². The fourth-order valence-electron chi connectivity index (χ4n) is 2.24. The number of benzene rings is 1. The molecule has 122 valence electrons. The van der Waals surface area contributed by atoms with Gasteiger partial charge in [-0.25, -0.2) is 4.98 Å². The molecule has 0 aliphatic carbocycles. The average molecular weight is 322 g/mol. The van der Waals surface area contributed by atoms with Crippen LogP contribution >= 0.6 is 0 Å². The molecule has 0 saturated carbocycles. The number of aromatic nitrogens is 1. The molecule has 0 spiro atoms. The molecular weight excluding hydrogens is 304 g/mol. The van der Waals surface area contributed by atoms with E-state index in [0.717, 1.165) is 11.1 Å².